The van der Waals surface area contributed by atoms with Crippen molar-refractivity contribution in [1.82, 2.24) is 20.1 Å². The van der Waals surface area contributed by atoms with Gasteiger partial charge in [0.05, 0.1) is 12.1 Å². The van der Waals surface area contributed by atoms with Crippen molar-refractivity contribution in [2.75, 3.05) is 0 Å². The Morgan fingerprint density at radius 3 is 2.54 bits per heavy atom. The van der Waals surface area contributed by atoms with Crippen molar-refractivity contribution in [2.24, 2.45) is 0 Å². The molecule has 2 heterocycles. The maximum absolute atomic E-state index is 12.5. The fourth-order valence-corrected chi connectivity index (χ4v) is 2.76. The van der Waals surface area contributed by atoms with Crippen molar-refractivity contribution in [1.29, 1.82) is 0 Å². The van der Waals surface area contributed by atoms with Crippen LogP contribution in [0, 0.1) is 20.8 Å². The first-order valence-corrected chi connectivity index (χ1v) is 7.80. The van der Waals surface area contributed by atoms with Crippen molar-refractivity contribution in [3.05, 3.63) is 70.7 Å². The molecule has 1 aromatic carbocycles. The van der Waals surface area contributed by atoms with Crippen LogP contribution in [0.5, 0.6) is 0 Å². The van der Waals surface area contributed by atoms with Gasteiger partial charge in [0, 0.05) is 12.1 Å². The molecule has 0 saturated heterocycles. The first kappa shape index (κ1) is 16.0. The molecule has 6 nitrogen and oxygen atoms in total. The van der Waals surface area contributed by atoms with Crippen LogP contribution in [0.15, 0.2) is 41.3 Å². The average molecular weight is 324 g/mol. The highest BCUT2D eigenvalue weighted by Crippen LogP contribution is 2.20. The number of nitrogens with one attached hydrogen (secondary N) is 1. The summed E-state index contributed by atoms with van der Waals surface area (Å²) in [5.41, 5.74) is 3.67. The molecule has 1 amide bonds. The Hall–Kier alpha value is -2.89. The van der Waals surface area contributed by atoms with Gasteiger partial charge in [-0.25, -0.2) is 9.67 Å². The minimum absolute atomic E-state index is 0.114. The Labute approximate surface area is 140 Å². The summed E-state index contributed by atoms with van der Waals surface area (Å²) in [6, 6.07) is 7.98. The fourth-order valence-electron chi connectivity index (χ4n) is 2.76. The third kappa shape index (κ3) is 3.22. The molecular formula is C18H20N4O2. The predicted molar refractivity (Wildman–Crippen MR) is 89.7 cm³/mol. The third-order valence-electron chi connectivity index (χ3n) is 4.15. The Kier molecular flexibility index (Phi) is 4.46. The maximum Gasteiger partial charge on any atom is 0.255 e. The summed E-state index contributed by atoms with van der Waals surface area (Å²) in [6.07, 6.45) is 3.19. The number of hydrogen-bond donors (Lipinski definition) is 1. The summed E-state index contributed by atoms with van der Waals surface area (Å²) >= 11 is 0. The lowest BCUT2D eigenvalue weighted by Crippen LogP contribution is -2.24. The zero-order chi connectivity index (χ0) is 17.1. The number of rotatable bonds is 5. The molecular weight excluding hydrogens is 304 g/mol. The Balaban J connectivity index is 1.74. The van der Waals surface area contributed by atoms with Crippen LogP contribution in [0.4, 0.5) is 0 Å². The second kappa shape index (κ2) is 6.70. The van der Waals surface area contributed by atoms with E-state index in [1.807, 2.05) is 45.0 Å². The average Bonchev–Trinajstić information content (AvgIpc) is 3.15. The molecule has 0 spiro atoms. The number of benzene rings is 1. The van der Waals surface area contributed by atoms with Crippen LogP contribution in [0.3, 0.4) is 0 Å². The van der Waals surface area contributed by atoms with Gasteiger partial charge in [0.1, 0.15) is 24.2 Å². The minimum Gasteiger partial charge on any atom is -0.466 e. The molecule has 0 radical (unpaired) electrons. The van der Waals surface area contributed by atoms with Crippen LogP contribution in [0.25, 0.3) is 0 Å². The number of carbonyl (C=O) groups excluding carboxylic acids is 1. The molecule has 2 aromatic heterocycles. The van der Waals surface area contributed by atoms with Crippen LogP contribution in [-0.4, -0.2) is 20.7 Å². The lowest BCUT2D eigenvalue weighted by molar-refractivity contribution is 0.0949. The number of amides is 1. The lowest BCUT2D eigenvalue weighted by atomic mass is 10.1. The normalized spacial score (nSPS) is 10.8. The van der Waals surface area contributed by atoms with E-state index in [4.69, 9.17) is 4.42 Å². The van der Waals surface area contributed by atoms with E-state index >= 15 is 0 Å². The first-order valence-electron chi connectivity index (χ1n) is 7.80. The summed E-state index contributed by atoms with van der Waals surface area (Å²) in [5.74, 6) is 1.32. The molecule has 0 saturated carbocycles. The number of furan rings is 1. The predicted octanol–water partition coefficient (Wildman–Crippen LogP) is 2.77. The molecule has 0 atom stereocenters. The fraction of sp³-hybridized carbons (Fsp3) is 0.278. The molecule has 0 aliphatic rings. The Morgan fingerprint density at radius 1 is 1.17 bits per heavy atom. The number of aryl methyl sites for hydroxylation is 2. The van der Waals surface area contributed by atoms with Crippen molar-refractivity contribution in [3.63, 3.8) is 0 Å². The molecule has 1 N–H and O–H groups in total. The zero-order valence-corrected chi connectivity index (χ0v) is 14.0. The van der Waals surface area contributed by atoms with Gasteiger partial charge in [-0.2, -0.15) is 5.10 Å². The first-order chi connectivity index (χ1) is 11.6. The van der Waals surface area contributed by atoms with Crippen molar-refractivity contribution in [2.45, 2.75) is 33.9 Å². The van der Waals surface area contributed by atoms with E-state index < -0.39 is 0 Å². The molecule has 6 heteroatoms. The second-order valence-electron chi connectivity index (χ2n) is 5.76. The Bertz CT molecular complexity index is 850. The highest BCUT2D eigenvalue weighted by atomic mass is 16.3. The summed E-state index contributed by atoms with van der Waals surface area (Å²) < 4.78 is 7.29. The van der Waals surface area contributed by atoms with Gasteiger partial charge in [0.25, 0.3) is 5.91 Å². The van der Waals surface area contributed by atoms with Gasteiger partial charge >= 0.3 is 0 Å². The molecule has 3 rings (SSSR count). The highest BCUT2D eigenvalue weighted by molar-refractivity contribution is 5.96. The van der Waals surface area contributed by atoms with Gasteiger partial charge < -0.3 is 9.73 Å². The number of hydrogen-bond acceptors (Lipinski definition) is 4. The van der Waals surface area contributed by atoms with E-state index in [2.05, 4.69) is 15.4 Å². The number of nitrogens with zero attached hydrogens (tertiary/aromatic N) is 3. The molecule has 0 fully saturated rings. The van der Waals surface area contributed by atoms with Gasteiger partial charge in [0.15, 0.2) is 0 Å². The quantitative estimate of drug-likeness (QED) is 0.783. The van der Waals surface area contributed by atoms with Gasteiger partial charge in [-0.15, -0.1) is 0 Å². The summed E-state index contributed by atoms with van der Waals surface area (Å²) in [5, 5.41) is 7.11. The number of carbonyl (C=O) groups is 1. The van der Waals surface area contributed by atoms with Crippen LogP contribution >= 0.6 is 0 Å². The minimum atomic E-state index is -0.114. The third-order valence-corrected chi connectivity index (χ3v) is 4.15. The van der Waals surface area contributed by atoms with Gasteiger partial charge in [-0.3, -0.25) is 4.79 Å². The smallest absolute Gasteiger partial charge is 0.255 e. The van der Waals surface area contributed by atoms with Gasteiger partial charge in [-0.05, 0) is 31.9 Å². The van der Waals surface area contributed by atoms with Crippen LogP contribution in [0.1, 0.15) is 38.6 Å². The van der Waals surface area contributed by atoms with Crippen LogP contribution in [0.2, 0.25) is 0 Å². The Morgan fingerprint density at radius 2 is 1.92 bits per heavy atom. The zero-order valence-electron chi connectivity index (χ0n) is 14.0. The lowest BCUT2D eigenvalue weighted by Gasteiger charge is -2.11. The molecule has 0 bridgehead atoms. The van der Waals surface area contributed by atoms with E-state index in [1.165, 1.54) is 6.33 Å². The van der Waals surface area contributed by atoms with Crippen molar-refractivity contribution < 1.29 is 9.21 Å². The molecule has 0 aliphatic heterocycles. The largest absolute Gasteiger partial charge is 0.466 e. The van der Waals surface area contributed by atoms with Crippen molar-refractivity contribution >= 4 is 5.91 Å². The summed E-state index contributed by atoms with van der Waals surface area (Å²) in [6.45, 7) is 6.65. The number of aromatic nitrogens is 3. The van der Waals surface area contributed by atoms with Crippen LogP contribution in [-0.2, 0) is 13.1 Å². The molecule has 0 unspecified atom stereocenters. The van der Waals surface area contributed by atoms with Crippen molar-refractivity contribution in [3.8, 4) is 0 Å². The topological polar surface area (TPSA) is 73.0 Å². The highest BCUT2D eigenvalue weighted by Gasteiger charge is 2.18. The van der Waals surface area contributed by atoms with Gasteiger partial charge in [0.2, 0.25) is 0 Å². The molecule has 24 heavy (non-hydrogen) atoms. The van der Waals surface area contributed by atoms with Crippen LogP contribution < -0.4 is 5.32 Å². The SMILES string of the molecule is Cc1oc(C)c(C(=O)NCc2ccccc2Cn2cncn2)c1C. The summed E-state index contributed by atoms with van der Waals surface area (Å²) in [4.78, 5) is 16.5. The molecule has 0 aliphatic carbocycles. The van der Waals surface area contributed by atoms with E-state index in [1.54, 1.807) is 11.0 Å². The monoisotopic (exact) mass is 324 g/mol. The molecule has 3 aromatic rings. The van der Waals surface area contributed by atoms with E-state index in [9.17, 15) is 4.79 Å². The van der Waals surface area contributed by atoms with E-state index in [0.29, 0.717) is 24.4 Å². The van der Waals surface area contributed by atoms with E-state index in [0.717, 1.165) is 22.5 Å². The van der Waals surface area contributed by atoms with E-state index in [-0.39, 0.29) is 5.91 Å². The van der Waals surface area contributed by atoms with Gasteiger partial charge in [-0.1, -0.05) is 24.3 Å². The molecule has 124 valence electrons. The standard InChI is InChI=1S/C18H20N4O2/c1-12-13(2)24-14(3)17(12)18(23)20-8-15-6-4-5-7-16(15)9-22-11-19-10-21-22/h4-7,10-11H,8-9H2,1-3H3,(H,20,23). The maximum atomic E-state index is 12.5. The second-order valence-corrected chi connectivity index (χ2v) is 5.76. The summed E-state index contributed by atoms with van der Waals surface area (Å²) in [7, 11) is 0.